The molecule has 1 aromatic heterocycles. The molecular weight excluding hydrogens is 316 g/mol. The van der Waals surface area contributed by atoms with Crippen LogP contribution in [0.25, 0.3) is 0 Å². The van der Waals surface area contributed by atoms with E-state index in [4.69, 9.17) is 9.47 Å². The summed E-state index contributed by atoms with van der Waals surface area (Å²) in [5, 5.41) is 4.48. The van der Waals surface area contributed by atoms with Crippen molar-refractivity contribution in [2.75, 3.05) is 60.2 Å². The number of likely N-dealkylation sites (tertiary alicyclic amines) is 2. The second-order valence-corrected chi connectivity index (χ2v) is 7.92. The summed E-state index contributed by atoms with van der Waals surface area (Å²) in [4.78, 5) is 5.16. The zero-order chi connectivity index (χ0) is 17.9. The highest BCUT2D eigenvalue weighted by Crippen LogP contribution is 2.44. The second-order valence-electron chi connectivity index (χ2n) is 7.92. The standard InChI is InChI=1S/C19H34N4O2/c1-16-11-18(21(2)20-16)13-22-7-5-19(6-8-22)15-23(9-10-24-3)12-17(19)14-25-4/h11,17H,5-10,12-15H2,1-4H3/t17-/m1/s1. The van der Waals surface area contributed by atoms with Crippen LogP contribution in [-0.4, -0.2) is 79.7 Å². The van der Waals surface area contributed by atoms with Crippen molar-refractivity contribution >= 4 is 0 Å². The van der Waals surface area contributed by atoms with Crippen LogP contribution in [0.4, 0.5) is 0 Å². The van der Waals surface area contributed by atoms with Crippen molar-refractivity contribution in [3.05, 3.63) is 17.5 Å². The van der Waals surface area contributed by atoms with Crippen LogP contribution in [-0.2, 0) is 23.1 Å². The number of hydrogen-bond donors (Lipinski definition) is 0. The van der Waals surface area contributed by atoms with E-state index in [2.05, 4.69) is 27.9 Å². The van der Waals surface area contributed by atoms with E-state index in [0.29, 0.717) is 11.3 Å². The number of rotatable bonds is 7. The molecule has 2 fully saturated rings. The molecule has 0 aromatic carbocycles. The highest BCUT2D eigenvalue weighted by atomic mass is 16.5. The van der Waals surface area contributed by atoms with Crippen molar-refractivity contribution in [2.45, 2.75) is 26.3 Å². The fraction of sp³-hybridized carbons (Fsp3) is 0.842. The summed E-state index contributed by atoms with van der Waals surface area (Å²) in [6, 6.07) is 2.21. The van der Waals surface area contributed by atoms with E-state index in [1.165, 1.54) is 38.2 Å². The lowest BCUT2D eigenvalue weighted by molar-refractivity contribution is 0.0341. The fourth-order valence-electron chi connectivity index (χ4n) is 4.73. The van der Waals surface area contributed by atoms with Crippen LogP contribution in [0.1, 0.15) is 24.2 Å². The maximum absolute atomic E-state index is 5.56. The first-order valence-electron chi connectivity index (χ1n) is 9.48. The maximum Gasteiger partial charge on any atom is 0.0597 e. The molecule has 0 saturated carbocycles. The average Bonchev–Trinajstić information content (AvgIpc) is 3.08. The summed E-state index contributed by atoms with van der Waals surface area (Å²) >= 11 is 0. The predicted octanol–water partition coefficient (Wildman–Crippen LogP) is 1.54. The number of nitrogens with zero attached hydrogens (tertiary/aromatic N) is 4. The van der Waals surface area contributed by atoms with E-state index in [1.807, 2.05) is 18.8 Å². The first kappa shape index (κ1) is 18.8. The van der Waals surface area contributed by atoms with E-state index < -0.39 is 0 Å². The van der Waals surface area contributed by atoms with Crippen LogP contribution >= 0.6 is 0 Å². The van der Waals surface area contributed by atoms with Gasteiger partial charge in [-0.15, -0.1) is 0 Å². The topological polar surface area (TPSA) is 42.8 Å². The van der Waals surface area contributed by atoms with Gasteiger partial charge in [0.1, 0.15) is 0 Å². The van der Waals surface area contributed by atoms with Crippen LogP contribution in [0.2, 0.25) is 0 Å². The molecule has 0 unspecified atom stereocenters. The van der Waals surface area contributed by atoms with Gasteiger partial charge >= 0.3 is 0 Å². The van der Waals surface area contributed by atoms with Gasteiger partial charge in [0.25, 0.3) is 0 Å². The van der Waals surface area contributed by atoms with E-state index in [-0.39, 0.29) is 0 Å². The second kappa shape index (κ2) is 8.16. The molecule has 2 aliphatic heterocycles. The van der Waals surface area contributed by atoms with Crippen molar-refractivity contribution in [2.24, 2.45) is 18.4 Å². The normalized spacial score (nSPS) is 24.4. The summed E-state index contributed by atoms with van der Waals surface area (Å²) in [5.41, 5.74) is 2.84. The van der Waals surface area contributed by atoms with Crippen molar-refractivity contribution in [1.29, 1.82) is 0 Å². The SMILES string of the molecule is COCCN1C[C@H](COC)C2(CCN(Cc3cc(C)nn3C)CC2)C1. The summed E-state index contributed by atoms with van der Waals surface area (Å²) < 4.78 is 12.9. The summed E-state index contributed by atoms with van der Waals surface area (Å²) in [6.07, 6.45) is 2.53. The zero-order valence-electron chi connectivity index (χ0n) is 16.3. The largest absolute Gasteiger partial charge is 0.384 e. The fourth-order valence-corrected chi connectivity index (χ4v) is 4.73. The Bertz CT molecular complexity index is 552. The van der Waals surface area contributed by atoms with Gasteiger partial charge in [-0.2, -0.15) is 5.10 Å². The molecule has 1 aromatic rings. The maximum atomic E-state index is 5.56. The van der Waals surface area contributed by atoms with Crippen LogP contribution in [0, 0.1) is 18.3 Å². The Labute approximate surface area is 152 Å². The minimum Gasteiger partial charge on any atom is -0.384 e. The molecule has 1 atom stereocenters. The lowest BCUT2D eigenvalue weighted by Gasteiger charge is -2.42. The van der Waals surface area contributed by atoms with E-state index in [9.17, 15) is 0 Å². The molecule has 1 spiro atoms. The molecule has 0 radical (unpaired) electrons. The van der Waals surface area contributed by atoms with Gasteiger partial charge < -0.3 is 14.4 Å². The molecule has 25 heavy (non-hydrogen) atoms. The van der Waals surface area contributed by atoms with E-state index in [0.717, 1.165) is 38.5 Å². The third kappa shape index (κ3) is 4.25. The molecule has 0 bridgehead atoms. The minimum atomic E-state index is 0.419. The lowest BCUT2D eigenvalue weighted by Crippen LogP contribution is -2.45. The van der Waals surface area contributed by atoms with Gasteiger partial charge in [0, 0.05) is 53.4 Å². The number of methoxy groups -OCH3 is 2. The number of piperidine rings is 1. The van der Waals surface area contributed by atoms with Crippen molar-refractivity contribution in [1.82, 2.24) is 19.6 Å². The third-order valence-corrected chi connectivity index (χ3v) is 6.20. The first-order chi connectivity index (χ1) is 12.1. The van der Waals surface area contributed by atoms with Crippen LogP contribution in [0.5, 0.6) is 0 Å². The van der Waals surface area contributed by atoms with Gasteiger partial charge in [0.05, 0.1) is 24.6 Å². The third-order valence-electron chi connectivity index (χ3n) is 6.20. The number of aromatic nitrogens is 2. The van der Waals surface area contributed by atoms with Crippen molar-refractivity contribution < 1.29 is 9.47 Å². The van der Waals surface area contributed by atoms with Gasteiger partial charge in [0.2, 0.25) is 0 Å². The monoisotopic (exact) mass is 350 g/mol. The Morgan fingerprint density at radius 1 is 1.20 bits per heavy atom. The molecule has 6 heteroatoms. The molecule has 0 amide bonds. The number of ether oxygens (including phenoxy) is 2. The molecule has 3 rings (SSSR count). The number of aryl methyl sites for hydroxylation is 2. The Kier molecular flexibility index (Phi) is 6.15. The molecule has 2 aliphatic rings. The molecular formula is C19H34N4O2. The Hall–Kier alpha value is -0.950. The Morgan fingerprint density at radius 3 is 2.56 bits per heavy atom. The molecule has 0 N–H and O–H groups in total. The smallest absolute Gasteiger partial charge is 0.0597 e. The molecule has 6 nitrogen and oxygen atoms in total. The predicted molar refractivity (Wildman–Crippen MR) is 98.6 cm³/mol. The van der Waals surface area contributed by atoms with Gasteiger partial charge in [-0.05, 0) is 44.3 Å². The molecule has 0 aliphatic carbocycles. The Balaban J connectivity index is 1.59. The lowest BCUT2D eigenvalue weighted by atomic mass is 9.71. The minimum absolute atomic E-state index is 0.419. The summed E-state index contributed by atoms with van der Waals surface area (Å²) in [7, 11) is 5.68. The van der Waals surface area contributed by atoms with E-state index in [1.54, 1.807) is 7.11 Å². The van der Waals surface area contributed by atoms with Crippen LogP contribution < -0.4 is 0 Å². The highest BCUT2D eigenvalue weighted by molar-refractivity contribution is 5.09. The molecule has 3 heterocycles. The zero-order valence-corrected chi connectivity index (χ0v) is 16.3. The number of hydrogen-bond acceptors (Lipinski definition) is 5. The summed E-state index contributed by atoms with van der Waals surface area (Å²) in [6.45, 7) is 10.5. The van der Waals surface area contributed by atoms with Gasteiger partial charge in [-0.3, -0.25) is 9.58 Å². The molecule has 142 valence electrons. The van der Waals surface area contributed by atoms with Crippen LogP contribution in [0.15, 0.2) is 6.07 Å². The summed E-state index contributed by atoms with van der Waals surface area (Å²) in [5.74, 6) is 0.649. The first-order valence-corrected chi connectivity index (χ1v) is 9.48. The Morgan fingerprint density at radius 2 is 1.96 bits per heavy atom. The van der Waals surface area contributed by atoms with Gasteiger partial charge in [-0.25, -0.2) is 0 Å². The van der Waals surface area contributed by atoms with Crippen molar-refractivity contribution in [3.63, 3.8) is 0 Å². The average molecular weight is 351 g/mol. The highest BCUT2D eigenvalue weighted by Gasteiger charge is 2.47. The molecule has 2 saturated heterocycles. The van der Waals surface area contributed by atoms with Crippen molar-refractivity contribution in [3.8, 4) is 0 Å². The van der Waals surface area contributed by atoms with Crippen LogP contribution in [0.3, 0.4) is 0 Å². The quantitative estimate of drug-likeness (QED) is 0.746. The van der Waals surface area contributed by atoms with Gasteiger partial charge in [0.15, 0.2) is 0 Å². The van der Waals surface area contributed by atoms with E-state index >= 15 is 0 Å². The van der Waals surface area contributed by atoms with Gasteiger partial charge in [-0.1, -0.05) is 0 Å².